The van der Waals surface area contributed by atoms with E-state index in [4.69, 9.17) is 4.74 Å². The van der Waals surface area contributed by atoms with Crippen molar-refractivity contribution in [1.29, 1.82) is 0 Å². The first-order valence-corrected chi connectivity index (χ1v) is 7.33. The van der Waals surface area contributed by atoms with Crippen LogP contribution in [0, 0.1) is 0 Å². The predicted molar refractivity (Wildman–Crippen MR) is 78.2 cm³/mol. The van der Waals surface area contributed by atoms with Crippen LogP contribution >= 0.6 is 0 Å². The number of likely N-dealkylation sites (tertiary alicyclic amines) is 1. The van der Waals surface area contributed by atoms with Gasteiger partial charge in [-0.05, 0) is 33.6 Å². The summed E-state index contributed by atoms with van der Waals surface area (Å²) in [6, 6.07) is 0. The van der Waals surface area contributed by atoms with Gasteiger partial charge in [-0.2, -0.15) is 4.98 Å². The van der Waals surface area contributed by atoms with Gasteiger partial charge >= 0.3 is 6.09 Å². The number of hydrogen-bond donors (Lipinski definition) is 1. The highest BCUT2D eigenvalue weighted by Crippen LogP contribution is 2.27. The number of amides is 1. The van der Waals surface area contributed by atoms with Gasteiger partial charge in [0.2, 0.25) is 5.88 Å². The van der Waals surface area contributed by atoms with Crippen molar-refractivity contribution >= 4 is 6.09 Å². The number of aromatic hydroxyl groups is 1. The number of ether oxygens (including phenoxy) is 1. The Morgan fingerprint density at radius 3 is 2.81 bits per heavy atom. The maximum atomic E-state index is 12.0. The number of hydrogen-bond acceptors (Lipinski definition) is 5. The lowest BCUT2D eigenvalue weighted by Gasteiger charge is -2.24. The second kappa shape index (κ2) is 5.87. The molecule has 21 heavy (non-hydrogen) atoms. The number of nitrogens with zero attached hydrogens (tertiary/aromatic N) is 3. The van der Waals surface area contributed by atoms with E-state index in [1.807, 2.05) is 27.7 Å². The van der Waals surface area contributed by atoms with E-state index in [2.05, 4.69) is 9.97 Å². The Bertz CT molecular complexity index is 525. The van der Waals surface area contributed by atoms with E-state index in [1.54, 1.807) is 11.1 Å². The molecule has 1 saturated heterocycles. The van der Waals surface area contributed by atoms with Crippen LogP contribution in [0.3, 0.4) is 0 Å². The van der Waals surface area contributed by atoms with E-state index in [0.29, 0.717) is 25.3 Å². The molecule has 0 spiro atoms. The van der Waals surface area contributed by atoms with Gasteiger partial charge in [0.15, 0.2) is 0 Å². The van der Waals surface area contributed by atoms with Crippen molar-refractivity contribution < 1.29 is 14.6 Å². The molecule has 1 unspecified atom stereocenters. The lowest BCUT2D eigenvalue weighted by Crippen LogP contribution is -2.35. The number of aryl methyl sites for hydroxylation is 1. The summed E-state index contributed by atoms with van der Waals surface area (Å²) in [5.41, 5.74) is 0.243. The Hall–Kier alpha value is -1.85. The van der Waals surface area contributed by atoms with Gasteiger partial charge in [0.25, 0.3) is 0 Å². The molecule has 1 amide bonds. The summed E-state index contributed by atoms with van der Waals surface area (Å²) in [6.07, 6.45) is 2.83. The van der Waals surface area contributed by atoms with Crippen LogP contribution in [0.1, 0.15) is 51.4 Å². The van der Waals surface area contributed by atoms with Crippen LogP contribution in [0.5, 0.6) is 5.88 Å². The molecule has 6 nitrogen and oxygen atoms in total. The van der Waals surface area contributed by atoms with E-state index in [1.165, 1.54) is 0 Å². The first-order valence-electron chi connectivity index (χ1n) is 7.33. The maximum absolute atomic E-state index is 12.0. The predicted octanol–water partition coefficient (Wildman–Crippen LogP) is 2.47. The smallest absolute Gasteiger partial charge is 0.410 e. The standard InChI is InChI=1S/C15H23N3O3/c1-5-10-8-16-12(17-13(10)19)11-6-7-18(9-11)14(20)21-15(2,3)4/h8,11H,5-7,9H2,1-4H3,(H,16,17,19). The lowest BCUT2D eigenvalue weighted by atomic mass is 10.1. The molecule has 0 aliphatic carbocycles. The fraction of sp³-hybridized carbons (Fsp3) is 0.667. The maximum Gasteiger partial charge on any atom is 0.410 e. The molecular weight excluding hydrogens is 270 g/mol. The largest absolute Gasteiger partial charge is 0.493 e. The molecule has 116 valence electrons. The van der Waals surface area contributed by atoms with Gasteiger partial charge in [-0.15, -0.1) is 0 Å². The van der Waals surface area contributed by atoms with Crippen molar-refractivity contribution in [1.82, 2.24) is 14.9 Å². The molecule has 2 rings (SSSR count). The molecule has 1 aromatic heterocycles. The van der Waals surface area contributed by atoms with Crippen LogP contribution in [0.15, 0.2) is 6.20 Å². The highest BCUT2D eigenvalue weighted by molar-refractivity contribution is 5.68. The second-order valence-electron chi connectivity index (χ2n) is 6.34. The zero-order chi connectivity index (χ0) is 15.6. The van der Waals surface area contributed by atoms with Crippen molar-refractivity contribution in [2.45, 2.75) is 52.1 Å². The van der Waals surface area contributed by atoms with Gasteiger partial charge in [-0.1, -0.05) is 6.92 Å². The molecule has 6 heteroatoms. The molecule has 1 N–H and O–H groups in total. The molecule has 0 saturated carbocycles. The SMILES string of the molecule is CCc1cnc(C2CCN(C(=O)OC(C)(C)C)C2)nc1O. The van der Waals surface area contributed by atoms with E-state index in [9.17, 15) is 9.90 Å². The van der Waals surface area contributed by atoms with Crippen molar-refractivity contribution in [2.24, 2.45) is 0 Å². The molecule has 1 aliphatic rings. The third kappa shape index (κ3) is 3.83. The Balaban J connectivity index is 2.02. The van der Waals surface area contributed by atoms with Crippen LogP contribution in [-0.2, 0) is 11.2 Å². The number of carbonyl (C=O) groups is 1. The van der Waals surface area contributed by atoms with Gasteiger partial charge in [0.05, 0.1) is 0 Å². The fourth-order valence-corrected chi connectivity index (χ4v) is 2.32. The Morgan fingerprint density at radius 2 is 2.24 bits per heavy atom. The minimum Gasteiger partial charge on any atom is -0.493 e. The summed E-state index contributed by atoms with van der Waals surface area (Å²) >= 11 is 0. The quantitative estimate of drug-likeness (QED) is 0.906. The van der Waals surface area contributed by atoms with Crippen LogP contribution in [0.4, 0.5) is 4.79 Å². The van der Waals surface area contributed by atoms with Crippen LogP contribution in [0.2, 0.25) is 0 Å². The normalized spacial score (nSPS) is 18.9. The highest BCUT2D eigenvalue weighted by atomic mass is 16.6. The molecule has 1 atom stereocenters. The molecule has 1 fully saturated rings. The Labute approximate surface area is 125 Å². The third-order valence-corrected chi connectivity index (χ3v) is 3.45. The summed E-state index contributed by atoms with van der Waals surface area (Å²) in [5, 5.41) is 9.82. The molecule has 0 bridgehead atoms. The van der Waals surface area contributed by atoms with Gasteiger partial charge in [-0.25, -0.2) is 9.78 Å². The van der Waals surface area contributed by atoms with Gasteiger partial charge < -0.3 is 14.7 Å². The van der Waals surface area contributed by atoms with Crippen molar-refractivity contribution in [2.75, 3.05) is 13.1 Å². The summed E-state index contributed by atoms with van der Waals surface area (Å²) in [5.74, 6) is 0.684. The Morgan fingerprint density at radius 1 is 1.52 bits per heavy atom. The third-order valence-electron chi connectivity index (χ3n) is 3.45. The van der Waals surface area contributed by atoms with Crippen molar-refractivity contribution in [3.8, 4) is 5.88 Å². The van der Waals surface area contributed by atoms with E-state index < -0.39 is 5.60 Å². The Kier molecular flexibility index (Phi) is 4.34. The topological polar surface area (TPSA) is 75.6 Å². The molecule has 0 radical (unpaired) electrons. The average molecular weight is 293 g/mol. The zero-order valence-electron chi connectivity index (χ0n) is 13.1. The summed E-state index contributed by atoms with van der Waals surface area (Å²) in [6.45, 7) is 8.65. The molecular formula is C15H23N3O3. The zero-order valence-corrected chi connectivity index (χ0v) is 13.1. The average Bonchev–Trinajstić information content (AvgIpc) is 2.86. The van der Waals surface area contributed by atoms with E-state index >= 15 is 0 Å². The molecule has 1 aromatic rings. The molecule has 1 aliphatic heterocycles. The minimum absolute atomic E-state index is 0.0400. The molecule has 2 heterocycles. The summed E-state index contributed by atoms with van der Waals surface area (Å²) in [7, 11) is 0. The van der Waals surface area contributed by atoms with Crippen molar-refractivity contribution in [3.63, 3.8) is 0 Å². The van der Waals surface area contributed by atoms with Crippen molar-refractivity contribution in [3.05, 3.63) is 17.6 Å². The van der Waals surface area contributed by atoms with Crippen LogP contribution in [0.25, 0.3) is 0 Å². The second-order valence-corrected chi connectivity index (χ2v) is 6.34. The number of rotatable bonds is 2. The number of carbonyl (C=O) groups excluding carboxylic acids is 1. The van der Waals surface area contributed by atoms with Gasteiger partial charge in [0.1, 0.15) is 11.4 Å². The summed E-state index contributed by atoms with van der Waals surface area (Å²) < 4.78 is 5.36. The van der Waals surface area contributed by atoms with E-state index in [0.717, 1.165) is 12.0 Å². The highest BCUT2D eigenvalue weighted by Gasteiger charge is 2.32. The van der Waals surface area contributed by atoms with E-state index in [-0.39, 0.29) is 17.9 Å². The van der Waals surface area contributed by atoms with Crippen LogP contribution < -0.4 is 0 Å². The molecule has 0 aromatic carbocycles. The minimum atomic E-state index is -0.493. The summed E-state index contributed by atoms with van der Waals surface area (Å²) in [4.78, 5) is 22.2. The van der Waals surface area contributed by atoms with Gasteiger partial charge in [0, 0.05) is 30.8 Å². The lowest BCUT2D eigenvalue weighted by molar-refractivity contribution is 0.0292. The monoisotopic (exact) mass is 293 g/mol. The van der Waals surface area contributed by atoms with Crippen LogP contribution in [-0.4, -0.2) is 44.8 Å². The fourth-order valence-electron chi connectivity index (χ4n) is 2.32. The van der Waals surface area contributed by atoms with Gasteiger partial charge in [-0.3, -0.25) is 0 Å². The number of aromatic nitrogens is 2. The first-order chi connectivity index (χ1) is 9.80. The first kappa shape index (κ1) is 15.5.